The molecule has 0 radical (unpaired) electrons. The Labute approximate surface area is 653 Å². The number of imidazole rings is 1. The van der Waals surface area contributed by atoms with E-state index in [9.17, 15) is 73.8 Å². The highest BCUT2D eigenvalue weighted by Gasteiger charge is 2.18. The van der Waals surface area contributed by atoms with Gasteiger partial charge in [-0.25, -0.2) is 58.9 Å². The van der Waals surface area contributed by atoms with E-state index in [0.717, 1.165) is 48.3 Å². The lowest BCUT2D eigenvalue weighted by Crippen LogP contribution is -2.15. The molecule has 1 unspecified atom stereocenters. The molecular weight excluding hydrogens is 1670 g/mol. The van der Waals surface area contributed by atoms with Gasteiger partial charge in [0.1, 0.15) is 55.9 Å². The predicted molar refractivity (Wildman–Crippen MR) is 409 cm³/mol. The molecule has 3 aliphatic rings. The van der Waals surface area contributed by atoms with Crippen molar-refractivity contribution in [2.75, 3.05) is 5.88 Å². The molecule has 0 fully saturated rings. The van der Waals surface area contributed by atoms with Gasteiger partial charge in [-0.3, -0.25) is 57.5 Å². The summed E-state index contributed by atoms with van der Waals surface area (Å²) in [6.07, 6.45) is 4.84. The highest BCUT2D eigenvalue weighted by Crippen LogP contribution is 2.00. The number of oxazole rings is 1. The van der Waals surface area contributed by atoms with Crippen molar-refractivity contribution >= 4 is 107 Å². The third-order valence-corrected chi connectivity index (χ3v) is 15.1. The second-order valence-electron chi connectivity index (χ2n) is 19.9. The maximum Gasteiger partial charge on any atom is 0.434 e. The van der Waals surface area contributed by atoms with E-state index in [1.807, 2.05) is 32.9 Å². The molecule has 16 heterocycles. The van der Waals surface area contributed by atoms with Crippen molar-refractivity contribution in [2.45, 2.75) is 111 Å². The normalized spacial score (nSPS) is 12.6. The fraction of sp³-hybridized carbons (Fsp3) is 0.333. The van der Waals surface area contributed by atoms with Crippen LogP contribution in [0.1, 0.15) is 92.8 Å². The number of H-pyrrole nitrogens is 16. The lowest BCUT2D eigenvalue weighted by Gasteiger charge is -1.88. The molecule has 19 N–H and O–H groups in total. The number of amidine groups is 2. The number of hydrogen-bond donors (Lipinski definition) is 19. The topological polar surface area (TPSA) is 799 Å². The summed E-state index contributed by atoms with van der Waals surface area (Å²) in [4.78, 5) is 139. The number of hydrogen-bond acceptors (Lipinski definition) is 40. The number of aliphatic imine (C=N–C) groups is 1. The van der Waals surface area contributed by atoms with Crippen LogP contribution in [-0.4, -0.2) is 170 Å². The third-order valence-electron chi connectivity index (χ3n) is 9.61. The molecule has 13 aromatic heterocycles. The molecular formula is C51H75N31O23S8. The number of aromatic amines is 16. The second-order valence-corrected chi connectivity index (χ2v) is 28.3. The minimum Gasteiger partial charge on any atom is -0.414 e. The number of nitrogens with one attached hydrogen (secondary N) is 19. The number of hydrazone groups is 1. The first kappa shape index (κ1) is 98.1. The Balaban J connectivity index is 0.000000603. The smallest absolute Gasteiger partial charge is 0.414 e. The van der Waals surface area contributed by atoms with E-state index < -0.39 is 48.8 Å². The first-order chi connectivity index (χ1) is 52.8. The van der Waals surface area contributed by atoms with E-state index in [-0.39, 0.29) is 55.2 Å². The van der Waals surface area contributed by atoms with Crippen molar-refractivity contribution in [1.29, 1.82) is 0 Å². The maximum absolute atomic E-state index is 10.3. The number of aryl methyl sites for hydroxylation is 13. The first-order valence-corrected chi connectivity index (χ1v) is 37.8. The Kier molecular flexibility index (Phi) is 45.4. The Bertz CT molecular complexity index is 4950. The predicted octanol–water partition coefficient (Wildman–Crippen LogP) is -0.359. The van der Waals surface area contributed by atoms with Crippen molar-refractivity contribution in [3.05, 3.63) is 227 Å². The molecule has 16 rings (SSSR count). The second kappa shape index (κ2) is 52.2. The average Bonchev–Trinajstić information content (AvgIpc) is 1.75. The summed E-state index contributed by atoms with van der Waals surface area (Å²) in [7, 11) is -8.07. The fourth-order valence-corrected chi connectivity index (χ4v) is 9.52. The van der Waals surface area contributed by atoms with E-state index in [4.69, 9.17) is 4.42 Å². The summed E-state index contributed by atoms with van der Waals surface area (Å²) in [6, 6.07) is 4.46. The zero-order chi connectivity index (χ0) is 85.4. The SMILES string of the molecule is CC1=NCS(=O)N1.CC1=NNS(=O)(=O)O1.CC1=NS(=O)(=O)ON1.Cc1c[nH]c(=O)[nH]1.Cc1c[nH]c(=O)o1.Cc1c[nH]c(=O)s1.Cc1cc(=O)[nH][nH]1.Cc1cc(=O)[nH]o1.Cc1cc(=O)[nH]s1.Cc1n[nH]c(=O)[nH]1.Cc1n[nH]c(=O)o1.Cc1n[nH]c(=O)s1.Cc1n[nH]c(=S)o1.Cc1nc(=O)[nH]o1.Cc1nc(=O)[nH]s1.Cc1nn[nH]n1. The van der Waals surface area contributed by atoms with Crippen LogP contribution in [0, 0.1) is 94.8 Å². The van der Waals surface area contributed by atoms with Gasteiger partial charge in [-0.05, 0) is 107 Å². The standard InChI is InChI=1S/2C4H6N2O.2C4H5NO2.2C4H5NOS.C3H5N3O.2C3H4N2O2.C3H6N2OS.3C3H4N2OS.C2H4N4.2C2H4N2O3S/c1-3-2-5-4(7)6-3;1-3-2-4(7)6-5-3;1-3-2-5-4(6)7-3;1-3-2-4(6)5-7-3;1-3-2-5-4(6)7-3;1-3-2-4(6)5-7-3;1-2-4-3(7)6-5-2;1-2-4-5-3(6)7-2;1-2-4-3(6)5-7-2;1-3-4-2-7(6)5-3;1-2-4-5-3(6)7-2;1-2-4-5-3(7)6-2;1-2-4-3(6)5-7-2;1-2-3-5-6-4-2;1-2-3-4-8(5,6)7-2;1-2-3-7-8(5,6)4-2/h2*2H,1H3,(H2,5,6,7);4*2H,1H3,(H,5,6);1H3,(H2,4,5,6,7);2*1H3,(H,5,6);2H2,1H3,(H,4,5);1H3,(H,5,6);1H3,(H,5,7);1H3,(H,5,6);1H3,(H,3,4,5,6);4H,1H3;1H3,(H,3,4). The van der Waals surface area contributed by atoms with Crippen molar-refractivity contribution in [3.8, 4) is 0 Å². The summed E-state index contributed by atoms with van der Waals surface area (Å²) < 4.78 is 92.4. The highest BCUT2D eigenvalue weighted by molar-refractivity contribution is 7.86. The van der Waals surface area contributed by atoms with Gasteiger partial charge in [-0.2, -0.15) is 57.4 Å². The monoisotopic (exact) mass is 1750 g/mol. The number of nitrogens with zero attached hydrogens (tertiary/aromatic N) is 12. The van der Waals surface area contributed by atoms with E-state index in [1.54, 1.807) is 92.5 Å². The Hall–Kier alpha value is -12.9. The minimum absolute atomic E-state index is 0.00231. The minimum atomic E-state index is -3.62. The molecule has 0 bridgehead atoms. The van der Waals surface area contributed by atoms with Crippen molar-refractivity contribution in [2.24, 2.45) is 14.5 Å². The molecule has 3 aliphatic heterocycles. The van der Waals surface area contributed by atoms with Crippen molar-refractivity contribution < 1.29 is 51.8 Å². The van der Waals surface area contributed by atoms with Gasteiger partial charge in [0, 0.05) is 85.6 Å². The van der Waals surface area contributed by atoms with Crippen LogP contribution in [0.4, 0.5) is 0 Å². The van der Waals surface area contributed by atoms with Crippen molar-refractivity contribution in [3.63, 3.8) is 0 Å². The Morgan fingerprint density at radius 2 is 1.23 bits per heavy atom. The number of thiazole rings is 1. The Morgan fingerprint density at radius 3 is 1.37 bits per heavy atom. The molecule has 54 nitrogen and oxygen atoms in total. The van der Waals surface area contributed by atoms with Gasteiger partial charge in [0.25, 0.3) is 21.5 Å². The molecule has 1 atom stereocenters. The van der Waals surface area contributed by atoms with Crippen LogP contribution in [0.15, 0.2) is 126 Å². The average molecular weight is 1750 g/mol. The van der Waals surface area contributed by atoms with Gasteiger partial charge in [-0.15, -0.1) is 34.2 Å². The van der Waals surface area contributed by atoms with Gasteiger partial charge < -0.3 is 46.5 Å². The first-order valence-electron chi connectivity index (χ1n) is 30.0. The van der Waals surface area contributed by atoms with Gasteiger partial charge in [0.2, 0.25) is 23.6 Å². The van der Waals surface area contributed by atoms with Crippen LogP contribution < -0.4 is 75.7 Å². The molecule has 0 aliphatic carbocycles. The van der Waals surface area contributed by atoms with Crippen LogP contribution in [0.3, 0.4) is 0 Å². The van der Waals surface area contributed by atoms with Crippen molar-refractivity contribution in [1.82, 2.24) is 141 Å². The van der Waals surface area contributed by atoms with E-state index in [1.165, 1.54) is 66.6 Å². The van der Waals surface area contributed by atoms with Crippen LogP contribution >= 0.6 is 58.0 Å². The summed E-state index contributed by atoms with van der Waals surface area (Å²) >= 11 is 9.52. The Morgan fingerprint density at radius 1 is 0.540 bits per heavy atom. The van der Waals surface area contributed by atoms with Crippen LogP contribution in [-0.2, 0) is 40.1 Å². The lowest BCUT2D eigenvalue weighted by molar-refractivity contribution is 0.281. The molecule has 13 aromatic rings. The maximum atomic E-state index is 10.3. The number of aromatic nitrogens is 25. The molecule has 0 saturated carbocycles. The summed E-state index contributed by atoms with van der Waals surface area (Å²) in [5, 5.41) is 49.9. The van der Waals surface area contributed by atoms with Gasteiger partial charge in [-0.1, -0.05) is 39.4 Å². The lowest BCUT2D eigenvalue weighted by atomic mass is 10.5. The molecule has 0 amide bonds. The van der Waals surface area contributed by atoms with Crippen LogP contribution in [0.25, 0.3) is 0 Å². The zero-order valence-electron chi connectivity index (χ0n) is 61.7. The van der Waals surface area contributed by atoms with E-state index >= 15 is 0 Å². The zero-order valence-corrected chi connectivity index (χ0v) is 68.2. The van der Waals surface area contributed by atoms with Gasteiger partial charge in [0.05, 0.1) is 0 Å². The van der Waals surface area contributed by atoms with Gasteiger partial charge in [0.15, 0.2) is 5.82 Å². The molecule has 620 valence electrons. The molecule has 113 heavy (non-hydrogen) atoms. The highest BCUT2D eigenvalue weighted by atomic mass is 32.2. The number of hydroxylamine groups is 1. The van der Waals surface area contributed by atoms with E-state index in [0.29, 0.717) is 51.6 Å². The third kappa shape index (κ3) is 52.7. The molecule has 0 aromatic carbocycles. The van der Waals surface area contributed by atoms with E-state index in [2.05, 4.69) is 184 Å². The number of tetrazole rings is 1. The largest absolute Gasteiger partial charge is 0.434 e. The quantitative estimate of drug-likeness (QED) is 0.0862. The molecule has 0 saturated heterocycles. The number of rotatable bonds is 0. The van der Waals surface area contributed by atoms with Crippen LogP contribution in [0.2, 0.25) is 0 Å². The summed E-state index contributed by atoms with van der Waals surface area (Å²) in [5.41, 5.74) is 2.48. The van der Waals surface area contributed by atoms with Crippen LogP contribution in [0.5, 0.6) is 0 Å². The summed E-state index contributed by atoms with van der Waals surface area (Å²) in [6.45, 7) is 27.5. The fourth-order valence-electron chi connectivity index (χ4n) is 5.44. The van der Waals surface area contributed by atoms with Gasteiger partial charge >= 0.3 is 64.6 Å². The summed E-state index contributed by atoms with van der Waals surface area (Å²) in [5.74, 6) is 4.50. The molecule has 62 heteroatoms. The molecule has 0 spiro atoms.